The quantitative estimate of drug-likeness (QED) is 0.769. The Labute approximate surface area is 108 Å². The van der Waals surface area contributed by atoms with Gasteiger partial charge in [-0.15, -0.1) is 0 Å². The molecule has 0 heterocycles. The molecule has 1 rings (SSSR count). The highest BCUT2D eigenvalue weighted by molar-refractivity contribution is 5.89. The largest absolute Gasteiger partial charge is 0.389 e. The van der Waals surface area contributed by atoms with Crippen LogP contribution in [0.2, 0.25) is 0 Å². The normalized spacial score (nSPS) is 12.9. The number of rotatable bonds is 4. The summed E-state index contributed by atoms with van der Waals surface area (Å²) in [6.45, 7) is 7.68. The van der Waals surface area contributed by atoms with Gasteiger partial charge in [-0.3, -0.25) is 0 Å². The minimum Gasteiger partial charge on any atom is -0.389 e. The molecule has 1 unspecified atom stereocenters. The molecule has 18 heavy (non-hydrogen) atoms. The Morgan fingerprint density at radius 1 is 1.33 bits per heavy atom. The molecule has 1 atom stereocenters. The summed E-state index contributed by atoms with van der Waals surface area (Å²) >= 11 is 0. The van der Waals surface area contributed by atoms with Crippen LogP contribution in [0.5, 0.6) is 0 Å². The van der Waals surface area contributed by atoms with E-state index in [1.807, 2.05) is 20.8 Å². The topological polar surface area (TPSA) is 61.4 Å². The van der Waals surface area contributed by atoms with Crippen molar-refractivity contribution >= 4 is 11.7 Å². The Kier molecular flexibility index (Phi) is 4.73. The predicted octanol–water partition coefficient (Wildman–Crippen LogP) is 3.05. The van der Waals surface area contributed by atoms with Crippen LogP contribution >= 0.6 is 0 Å². The van der Waals surface area contributed by atoms with E-state index in [-0.39, 0.29) is 11.6 Å². The van der Waals surface area contributed by atoms with Gasteiger partial charge >= 0.3 is 6.03 Å². The number of anilines is 1. The summed E-state index contributed by atoms with van der Waals surface area (Å²) in [5, 5.41) is 15.0. The zero-order valence-electron chi connectivity index (χ0n) is 11.4. The molecule has 0 fully saturated rings. The summed E-state index contributed by atoms with van der Waals surface area (Å²) in [7, 11) is 0. The first-order chi connectivity index (χ1) is 8.34. The number of urea groups is 1. The molecule has 0 aliphatic heterocycles. The van der Waals surface area contributed by atoms with Gasteiger partial charge in [0.25, 0.3) is 0 Å². The van der Waals surface area contributed by atoms with Crippen LogP contribution in [-0.2, 0) is 0 Å². The van der Waals surface area contributed by atoms with Crippen LogP contribution in [-0.4, -0.2) is 16.7 Å². The molecular formula is C14H22N2O2. The molecule has 3 N–H and O–H groups in total. The lowest BCUT2D eigenvalue weighted by Gasteiger charge is -2.24. The highest BCUT2D eigenvalue weighted by Crippen LogP contribution is 2.16. The third kappa shape index (κ3) is 4.37. The lowest BCUT2D eigenvalue weighted by atomic mass is 10.0. The molecule has 4 nitrogen and oxygen atoms in total. The van der Waals surface area contributed by atoms with E-state index in [1.165, 1.54) is 0 Å². The SMILES string of the molecule is CCC(C)(C)NC(=O)Nc1ccc(C(C)O)cc1. The van der Waals surface area contributed by atoms with Crippen molar-refractivity contribution in [1.82, 2.24) is 5.32 Å². The van der Waals surface area contributed by atoms with Crippen molar-refractivity contribution in [3.8, 4) is 0 Å². The second-order valence-electron chi connectivity index (χ2n) is 5.11. The van der Waals surface area contributed by atoms with Crippen LogP contribution in [0.25, 0.3) is 0 Å². The molecule has 0 aromatic heterocycles. The van der Waals surface area contributed by atoms with Gasteiger partial charge in [0, 0.05) is 11.2 Å². The van der Waals surface area contributed by atoms with E-state index < -0.39 is 6.10 Å². The van der Waals surface area contributed by atoms with E-state index in [4.69, 9.17) is 0 Å². The van der Waals surface area contributed by atoms with E-state index in [0.717, 1.165) is 12.0 Å². The Morgan fingerprint density at radius 3 is 2.33 bits per heavy atom. The van der Waals surface area contributed by atoms with Crippen LogP contribution in [0.4, 0.5) is 10.5 Å². The Morgan fingerprint density at radius 2 is 1.89 bits per heavy atom. The molecule has 0 aliphatic carbocycles. The van der Waals surface area contributed by atoms with Crippen molar-refractivity contribution in [3.05, 3.63) is 29.8 Å². The van der Waals surface area contributed by atoms with E-state index in [0.29, 0.717) is 5.69 Å². The highest BCUT2D eigenvalue weighted by Gasteiger charge is 2.17. The van der Waals surface area contributed by atoms with Gasteiger partial charge in [0.2, 0.25) is 0 Å². The number of carbonyl (C=O) groups is 1. The Balaban J connectivity index is 2.60. The van der Waals surface area contributed by atoms with Crippen LogP contribution < -0.4 is 10.6 Å². The smallest absolute Gasteiger partial charge is 0.319 e. The number of aliphatic hydroxyl groups is 1. The standard InChI is InChI=1S/C14H22N2O2/c1-5-14(3,4)16-13(18)15-12-8-6-11(7-9-12)10(2)17/h6-10,17H,5H2,1-4H3,(H2,15,16,18). The first kappa shape index (κ1) is 14.5. The predicted molar refractivity (Wildman–Crippen MR) is 73.6 cm³/mol. The summed E-state index contributed by atoms with van der Waals surface area (Å²) in [6, 6.07) is 6.93. The van der Waals surface area contributed by atoms with Crippen LogP contribution in [0, 0.1) is 0 Å². The average molecular weight is 250 g/mol. The molecule has 0 bridgehead atoms. The lowest BCUT2D eigenvalue weighted by Crippen LogP contribution is -2.45. The second kappa shape index (κ2) is 5.87. The molecule has 2 amide bonds. The third-order valence-corrected chi connectivity index (χ3v) is 2.99. The maximum absolute atomic E-state index is 11.7. The van der Waals surface area contributed by atoms with E-state index >= 15 is 0 Å². The Hall–Kier alpha value is -1.55. The van der Waals surface area contributed by atoms with Crippen molar-refractivity contribution in [2.45, 2.75) is 45.8 Å². The molecule has 0 spiro atoms. The maximum Gasteiger partial charge on any atom is 0.319 e. The summed E-state index contributed by atoms with van der Waals surface area (Å²) in [6.07, 6.45) is 0.369. The van der Waals surface area contributed by atoms with E-state index in [1.54, 1.807) is 31.2 Å². The van der Waals surface area contributed by atoms with Gasteiger partial charge in [0.05, 0.1) is 6.10 Å². The summed E-state index contributed by atoms with van der Waals surface area (Å²) < 4.78 is 0. The minimum atomic E-state index is -0.494. The molecule has 0 saturated carbocycles. The highest BCUT2D eigenvalue weighted by atomic mass is 16.3. The molecule has 1 aromatic rings. The molecule has 0 aliphatic rings. The molecule has 100 valence electrons. The van der Waals surface area contributed by atoms with Crippen molar-refractivity contribution in [2.24, 2.45) is 0 Å². The molecule has 1 aromatic carbocycles. The van der Waals surface area contributed by atoms with Gasteiger partial charge in [-0.1, -0.05) is 19.1 Å². The number of hydrogen-bond acceptors (Lipinski definition) is 2. The number of aliphatic hydroxyl groups excluding tert-OH is 1. The van der Waals surface area contributed by atoms with Crippen LogP contribution in [0.15, 0.2) is 24.3 Å². The second-order valence-corrected chi connectivity index (χ2v) is 5.11. The van der Waals surface area contributed by atoms with Gasteiger partial charge in [-0.25, -0.2) is 4.79 Å². The fraction of sp³-hybridized carbons (Fsp3) is 0.500. The summed E-state index contributed by atoms with van der Waals surface area (Å²) in [5.74, 6) is 0. The molecule has 0 saturated heterocycles. The zero-order valence-corrected chi connectivity index (χ0v) is 11.4. The van der Waals surface area contributed by atoms with Gasteiger partial charge in [0.15, 0.2) is 0 Å². The van der Waals surface area contributed by atoms with Crippen molar-refractivity contribution < 1.29 is 9.90 Å². The van der Waals surface area contributed by atoms with Gasteiger partial charge in [-0.05, 0) is 44.9 Å². The van der Waals surface area contributed by atoms with E-state index in [9.17, 15) is 9.90 Å². The summed E-state index contributed by atoms with van der Waals surface area (Å²) in [4.78, 5) is 11.7. The monoisotopic (exact) mass is 250 g/mol. The van der Waals surface area contributed by atoms with Crippen molar-refractivity contribution in [2.75, 3.05) is 5.32 Å². The van der Waals surface area contributed by atoms with Crippen LogP contribution in [0.1, 0.15) is 45.8 Å². The van der Waals surface area contributed by atoms with Crippen molar-refractivity contribution in [3.63, 3.8) is 0 Å². The fourth-order valence-corrected chi connectivity index (χ4v) is 1.40. The molecule has 4 heteroatoms. The maximum atomic E-state index is 11.7. The third-order valence-electron chi connectivity index (χ3n) is 2.99. The number of nitrogens with one attached hydrogen (secondary N) is 2. The first-order valence-corrected chi connectivity index (χ1v) is 6.21. The minimum absolute atomic E-state index is 0.216. The van der Waals surface area contributed by atoms with E-state index in [2.05, 4.69) is 10.6 Å². The lowest BCUT2D eigenvalue weighted by molar-refractivity contribution is 0.199. The zero-order chi connectivity index (χ0) is 13.8. The number of benzene rings is 1. The summed E-state index contributed by atoms with van der Waals surface area (Å²) in [5.41, 5.74) is 1.32. The van der Waals surface area contributed by atoms with Gasteiger partial charge in [0.1, 0.15) is 0 Å². The van der Waals surface area contributed by atoms with Gasteiger partial charge in [-0.2, -0.15) is 0 Å². The Bertz CT molecular complexity index is 397. The first-order valence-electron chi connectivity index (χ1n) is 6.21. The number of hydrogen-bond donors (Lipinski definition) is 3. The van der Waals surface area contributed by atoms with Gasteiger partial charge < -0.3 is 15.7 Å². The van der Waals surface area contributed by atoms with Crippen LogP contribution in [0.3, 0.4) is 0 Å². The fourth-order valence-electron chi connectivity index (χ4n) is 1.40. The molecule has 0 radical (unpaired) electrons. The number of carbonyl (C=O) groups excluding carboxylic acids is 1. The number of amides is 2. The van der Waals surface area contributed by atoms with Crippen molar-refractivity contribution in [1.29, 1.82) is 0 Å². The average Bonchev–Trinajstić information content (AvgIpc) is 2.29. The molecular weight excluding hydrogens is 228 g/mol.